The average molecular weight is 240 g/mol. The Balaban J connectivity index is 1.56. The molecule has 2 amide bonds. The lowest BCUT2D eigenvalue weighted by atomic mass is 10.2. The molecule has 5 nitrogen and oxygen atoms in total. The van der Waals surface area contributed by atoms with E-state index in [4.69, 9.17) is 4.74 Å². The molecule has 2 aliphatic heterocycles. The average Bonchev–Trinajstić information content (AvgIpc) is 2.96. The second kappa shape index (κ2) is 6.00. The van der Waals surface area contributed by atoms with E-state index in [0.29, 0.717) is 19.6 Å². The summed E-state index contributed by atoms with van der Waals surface area (Å²) in [6.07, 6.45) is 4.04. The molecule has 5 heteroatoms. The minimum atomic E-state index is -0.247. The van der Waals surface area contributed by atoms with Gasteiger partial charge in [-0.1, -0.05) is 0 Å². The largest absolute Gasteiger partial charge is 0.368 e. The first-order chi connectivity index (χ1) is 8.27. The Hall–Kier alpha value is -1.10. The molecule has 0 spiro atoms. The van der Waals surface area contributed by atoms with Gasteiger partial charge in [-0.2, -0.15) is 0 Å². The van der Waals surface area contributed by atoms with E-state index in [0.717, 1.165) is 38.8 Å². The van der Waals surface area contributed by atoms with Crippen molar-refractivity contribution >= 4 is 11.8 Å². The molecule has 1 N–H and O–H groups in total. The van der Waals surface area contributed by atoms with Gasteiger partial charge in [0.25, 0.3) is 0 Å². The maximum atomic E-state index is 11.6. The van der Waals surface area contributed by atoms with Crippen LogP contribution in [0.15, 0.2) is 0 Å². The molecule has 0 aliphatic carbocycles. The van der Waals surface area contributed by atoms with Gasteiger partial charge in [-0.05, 0) is 25.7 Å². The predicted octanol–water partition coefficient (Wildman–Crippen LogP) is 0.294. The molecule has 0 aromatic carbocycles. The Morgan fingerprint density at radius 1 is 1.47 bits per heavy atom. The van der Waals surface area contributed by atoms with E-state index < -0.39 is 0 Å². The molecule has 1 atom stereocenters. The lowest BCUT2D eigenvalue weighted by Gasteiger charge is -2.16. The second-order valence-corrected chi connectivity index (χ2v) is 4.63. The number of ether oxygens (including phenoxy) is 1. The van der Waals surface area contributed by atoms with Gasteiger partial charge in [0.15, 0.2) is 0 Å². The summed E-state index contributed by atoms with van der Waals surface area (Å²) in [5.74, 6) is 0.241. The third-order valence-corrected chi connectivity index (χ3v) is 3.30. The number of carbonyl (C=O) groups is 2. The molecule has 2 rings (SSSR count). The molecular weight excluding hydrogens is 220 g/mol. The van der Waals surface area contributed by atoms with Crippen LogP contribution in [-0.4, -0.2) is 49.1 Å². The highest BCUT2D eigenvalue weighted by atomic mass is 16.5. The van der Waals surface area contributed by atoms with Crippen LogP contribution in [0.5, 0.6) is 0 Å². The number of nitrogens with one attached hydrogen (secondary N) is 1. The zero-order valence-corrected chi connectivity index (χ0v) is 10.1. The van der Waals surface area contributed by atoms with Gasteiger partial charge in [0, 0.05) is 32.7 Å². The normalized spacial score (nSPS) is 24.4. The third-order valence-electron chi connectivity index (χ3n) is 3.30. The second-order valence-electron chi connectivity index (χ2n) is 4.63. The van der Waals surface area contributed by atoms with Gasteiger partial charge in [-0.15, -0.1) is 0 Å². The number of nitrogens with zero attached hydrogens (tertiary/aromatic N) is 1. The van der Waals surface area contributed by atoms with Crippen LogP contribution in [0.25, 0.3) is 0 Å². The first-order valence-corrected chi connectivity index (χ1v) is 6.44. The molecule has 96 valence electrons. The molecule has 0 saturated carbocycles. The van der Waals surface area contributed by atoms with Gasteiger partial charge in [0.05, 0.1) is 0 Å². The van der Waals surface area contributed by atoms with Gasteiger partial charge >= 0.3 is 0 Å². The molecule has 0 radical (unpaired) electrons. The van der Waals surface area contributed by atoms with Crippen molar-refractivity contribution in [2.45, 2.75) is 38.2 Å². The van der Waals surface area contributed by atoms with E-state index in [1.165, 1.54) is 0 Å². The monoisotopic (exact) mass is 240 g/mol. The van der Waals surface area contributed by atoms with Crippen molar-refractivity contribution in [1.29, 1.82) is 0 Å². The molecule has 0 unspecified atom stereocenters. The van der Waals surface area contributed by atoms with Crippen LogP contribution in [0.3, 0.4) is 0 Å². The van der Waals surface area contributed by atoms with Crippen LogP contribution in [-0.2, 0) is 14.3 Å². The van der Waals surface area contributed by atoms with Crippen LogP contribution in [0.1, 0.15) is 32.1 Å². The molecule has 2 heterocycles. The summed E-state index contributed by atoms with van der Waals surface area (Å²) in [5, 5.41) is 2.86. The van der Waals surface area contributed by atoms with Crippen molar-refractivity contribution in [3.8, 4) is 0 Å². The summed E-state index contributed by atoms with van der Waals surface area (Å²) in [7, 11) is 0. The summed E-state index contributed by atoms with van der Waals surface area (Å²) >= 11 is 0. The topological polar surface area (TPSA) is 58.6 Å². The number of amides is 2. The Morgan fingerprint density at radius 3 is 3.00 bits per heavy atom. The first-order valence-electron chi connectivity index (χ1n) is 6.44. The molecule has 17 heavy (non-hydrogen) atoms. The van der Waals surface area contributed by atoms with Crippen LogP contribution < -0.4 is 5.32 Å². The van der Waals surface area contributed by atoms with Gasteiger partial charge in [-0.3, -0.25) is 9.59 Å². The molecule has 2 aliphatic rings. The third kappa shape index (κ3) is 3.43. The lowest BCUT2D eigenvalue weighted by Crippen LogP contribution is -2.36. The molecule has 2 fully saturated rings. The lowest BCUT2D eigenvalue weighted by molar-refractivity contribution is -0.130. The van der Waals surface area contributed by atoms with E-state index in [1.54, 1.807) is 0 Å². The minimum Gasteiger partial charge on any atom is -0.368 e. The predicted molar refractivity (Wildman–Crippen MR) is 62.4 cm³/mol. The van der Waals surface area contributed by atoms with Crippen LogP contribution in [0.2, 0.25) is 0 Å². The Labute approximate surface area is 101 Å². The molecular formula is C12H20N2O3. The number of carbonyl (C=O) groups excluding carboxylic acids is 2. The van der Waals surface area contributed by atoms with E-state index in [9.17, 15) is 9.59 Å². The van der Waals surface area contributed by atoms with E-state index in [-0.39, 0.29) is 17.9 Å². The number of rotatable bonds is 5. The van der Waals surface area contributed by atoms with Gasteiger partial charge < -0.3 is 15.0 Å². The SMILES string of the molecule is O=C(NCCCN1CCCC1=O)[C@@H]1CCCO1. The van der Waals surface area contributed by atoms with E-state index >= 15 is 0 Å². The summed E-state index contributed by atoms with van der Waals surface area (Å²) in [5.41, 5.74) is 0. The Morgan fingerprint density at radius 2 is 2.35 bits per heavy atom. The van der Waals surface area contributed by atoms with Crippen molar-refractivity contribution in [1.82, 2.24) is 10.2 Å². The molecule has 0 aromatic rings. The molecule has 2 saturated heterocycles. The molecule has 0 bridgehead atoms. The zero-order chi connectivity index (χ0) is 12.1. The van der Waals surface area contributed by atoms with Crippen molar-refractivity contribution in [2.75, 3.05) is 26.2 Å². The summed E-state index contributed by atoms with van der Waals surface area (Å²) in [6.45, 7) is 2.95. The standard InChI is InChI=1S/C12H20N2O3/c15-11-5-1-7-14(11)8-3-6-13-12(16)10-4-2-9-17-10/h10H,1-9H2,(H,13,16)/t10-/m0/s1. The summed E-state index contributed by atoms with van der Waals surface area (Å²) < 4.78 is 5.29. The Kier molecular flexibility index (Phi) is 4.36. The van der Waals surface area contributed by atoms with Crippen LogP contribution >= 0.6 is 0 Å². The number of hydrogen-bond acceptors (Lipinski definition) is 3. The maximum Gasteiger partial charge on any atom is 0.249 e. The van der Waals surface area contributed by atoms with E-state index in [1.807, 2.05) is 4.90 Å². The van der Waals surface area contributed by atoms with E-state index in [2.05, 4.69) is 5.32 Å². The number of likely N-dealkylation sites (tertiary alicyclic amines) is 1. The fraction of sp³-hybridized carbons (Fsp3) is 0.833. The van der Waals surface area contributed by atoms with Crippen molar-refractivity contribution in [2.24, 2.45) is 0 Å². The summed E-state index contributed by atoms with van der Waals surface area (Å²) in [6, 6.07) is 0. The minimum absolute atomic E-state index is 0.00440. The maximum absolute atomic E-state index is 11.6. The summed E-state index contributed by atoms with van der Waals surface area (Å²) in [4.78, 5) is 24.8. The number of hydrogen-bond donors (Lipinski definition) is 1. The quantitative estimate of drug-likeness (QED) is 0.703. The van der Waals surface area contributed by atoms with Gasteiger partial charge in [-0.25, -0.2) is 0 Å². The smallest absolute Gasteiger partial charge is 0.249 e. The van der Waals surface area contributed by atoms with Crippen LogP contribution in [0, 0.1) is 0 Å². The zero-order valence-electron chi connectivity index (χ0n) is 10.1. The van der Waals surface area contributed by atoms with Crippen LogP contribution in [0.4, 0.5) is 0 Å². The Bertz CT molecular complexity index is 287. The van der Waals surface area contributed by atoms with Gasteiger partial charge in [0.2, 0.25) is 11.8 Å². The van der Waals surface area contributed by atoms with Gasteiger partial charge in [0.1, 0.15) is 6.10 Å². The van der Waals surface area contributed by atoms with Crippen molar-refractivity contribution < 1.29 is 14.3 Å². The fourth-order valence-corrected chi connectivity index (χ4v) is 2.32. The first kappa shape index (κ1) is 12.4. The fourth-order valence-electron chi connectivity index (χ4n) is 2.32. The van der Waals surface area contributed by atoms with Crippen molar-refractivity contribution in [3.63, 3.8) is 0 Å². The highest BCUT2D eigenvalue weighted by molar-refractivity contribution is 5.81. The molecule has 0 aromatic heterocycles. The van der Waals surface area contributed by atoms with Crippen molar-refractivity contribution in [3.05, 3.63) is 0 Å². The highest BCUT2D eigenvalue weighted by Gasteiger charge is 2.23. The highest BCUT2D eigenvalue weighted by Crippen LogP contribution is 2.12.